The highest BCUT2D eigenvalue weighted by atomic mass is 32.2. The van der Waals surface area contributed by atoms with E-state index >= 15 is 8.78 Å². The lowest BCUT2D eigenvalue weighted by atomic mass is 9.94. The quantitative estimate of drug-likeness (QED) is 0.0725. The average molecular weight is 735 g/mol. The second kappa shape index (κ2) is 16.5. The number of esters is 1. The third-order valence-electron chi connectivity index (χ3n) is 7.74. The SMILES string of the molecule is COC(=O)C(C)(C)Cn1cc(-c2ccc(NC(=O)c3c(OCc4ccc(OC)cc4)nc(SC)nc3OCc3ccc(OC)cc3)c(F)c2F)nn1. The number of anilines is 1. The highest BCUT2D eigenvalue weighted by Crippen LogP contribution is 2.33. The van der Waals surface area contributed by atoms with Crippen LogP contribution < -0.4 is 24.3 Å². The number of halogens is 2. The molecule has 272 valence electrons. The summed E-state index contributed by atoms with van der Waals surface area (Å²) in [7, 11) is 4.38. The van der Waals surface area contributed by atoms with Gasteiger partial charge in [-0.25, -0.2) is 8.78 Å². The molecule has 0 unspecified atom stereocenters. The first-order valence-corrected chi connectivity index (χ1v) is 16.9. The summed E-state index contributed by atoms with van der Waals surface area (Å²) in [6.45, 7) is 3.39. The zero-order valence-electron chi connectivity index (χ0n) is 29.2. The normalized spacial score (nSPS) is 11.2. The van der Waals surface area contributed by atoms with Gasteiger partial charge in [0.25, 0.3) is 5.91 Å². The lowest BCUT2D eigenvalue weighted by Crippen LogP contribution is -2.30. The van der Waals surface area contributed by atoms with E-state index in [2.05, 4.69) is 25.6 Å². The number of benzene rings is 3. The second-order valence-corrected chi connectivity index (χ2v) is 12.7. The molecule has 0 atom stereocenters. The number of nitrogens with one attached hydrogen (secondary N) is 1. The molecular weight excluding hydrogens is 698 g/mol. The van der Waals surface area contributed by atoms with Crippen LogP contribution in [-0.2, 0) is 29.3 Å². The molecule has 13 nitrogen and oxygen atoms in total. The zero-order valence-corrected chi connectivity index (χ0v) is 30.0. The molecular formula is C36H36F2N6O7S. The second-order valence-electron chi connectivity index (χ2n) is 11.9. The molecule has 16 heteroatoms. The van der Waals surface area contributed by atoms with Crippen molar-refractivity contribution in [3.63, 3.8) is 0 Å². The van der Waals surface area contributed by atoms with Gasteiger partial charge in [-0.15, -0.1) is 5.10 Å². The number of amides is 1. The fourth-order valence-electron chi connectivity index (χ4n) is 4.92. The van der Waals surface area contributed by atoms with Crippen LogP contribution in [-0.4, -0.2) is 64.4 Å². The van der Waals surface area contributed by atoms with Crippen LogP contribution in [0, 0.1) is 17.0 Å². The van der Waals surface area contributed by atoms with E-state index in [9.17, 15) is 9.59 Å². The van der Waals surface area contributed by atoms with Crippen molar-refractivity contribution in [2.24, 2.45) is 5.41 Å². The Morgan fingerprint density at radius 3 is 1.88 bits per heavy atom. The highest BCUT2D eigenvalue weighted by Gasteiger charge is 2.31. The maximum absolute atomic E-state index is 15.6. The molecule has 0 aliphatic rings. The first kappa shape index (κ1) is 37.5. The number of methoxy groups -OCH3 is 3. The van der Waals surface area contributed by atoms with Gasteiger partial charge < -0.3 is 29.0 Å². The summed E-state index contributed by atoms with van der Waals surface area (Å²) < 4.78 is 59.8. The maximum atomic E-state index is 15.6. The smallest absolute Gasteiger partial charge is 0.313 e. The number of ether oxygens (including phenoxy) is 5. The maximum Gasteiger partial charge on any atom is 0.313 e. The van der Waals surface area contributed by atoms with Gasteiger partial charge in [-0.3, -0.25) is 14.3 Å². The predicted octanol–water partition coefficient (Wildman–Crippen LogP) is 6.36. The van der Waals surface area contributed by atoms with Gasteiger partial charge in [0.1, 0.15) is 30.4 Å². The number of thioether (sulfide) groups is 1. The Bertz CT molecular complexity index is 1970. The molecule has 5 rings (SSSR count). The van der Waals surface area contributed by atoms with E-state index in [0.717, 1.165) is 11.1 Å². The molecule has 52 heavy (non-hydrogen) atoms. The zero-order chi connectivity index (χ0) is 37.4. The van der Waals surface area contributed by atoms with Crippen molar-refractivity contribution in [2.75, 3.05) is 32.9 Å². The topological polar surface area (TPSA) is 149 Å². The Morgan fingerprint density at radius 2 is 1.38 bits per heavy atom. The number of carbonyl (C=O) groups is 2. The average Bonchev–Trinajstić information content (AvgIpc) is 3.61. The van der Waals surface area contributed by atoms with Crippen molar-refractivity contribution >= 4 is 29.3 Å². The Hall–Kier alpha value is -5.77. The van der Waals surface area contributed by atoms with Gasteiger partial charge in [-0.2, -0.15) is 9.97 Å². The third kappa shape index (κ3) is 8.74. The fraction of sp³-hybridized carbons (Fsp3) is 0.278. The van der Waals surface area contributed by atoms with E-state index in [1.807, 2.05) is 0 Å². The number of nitrogens with zero attached hydrogens (tertiary/aromatic N) is 5. The van der Waals surface area contributed by atoms with Gasteiger partial charge in [0.2, 0.25) is 11.8 Å². The van der Waals surface area contributed by atoms with Gasteiger partial charge in [-0.1, -0.05) is 41.2 Å². The van der Waals surface area contributed by atoms with Crippen molar-refractivity contribution in [1.29, 1.82) is 0 Å². The molecule has 0 bridgehead atoms. The molecule has 0 aliphatic carbocycles. The molecule has 0 spiro atoms. The molecule has 1 N–H and O–H groups in total. The predicted molar refractivity (Wildman–Crippen MR) is 188 cm³/mol. The largest absolute Gasteiger partial charge is 0.497 e. The third-order valence-corrected chi connectivity index (χ3v) is 8.29. The van der Waals surface area contributed by atoms with E-state index in [4.69, 9.17) is 23.7 Å². The summed E-state index contributed by atoms with van der Waals surface area (Å²) >= 11 is 1.19. The number of hydrogen-bond donors (Lipinski definition) is 1. The summed E-state index contributed by atoms with van der Waals surface area (Å²) in [6, 6.07) is 16.6. The molecule has 5 aromatic rings. The lowest BCUT2D eigenvalue weighted by molar-refractivity contribution is -0.151. The summed E-state index contributed by atoms with van der Waals surface area (Å²) in [5, 5.41) is 10.6. The van der Waals surface area contributed by atoms with Crippen LogP contribution >= 0.6 is 11.8 Å². The first-order valence-electron chi connectivity index (χ1n) is 15.7. The fourth-order valence-corrected chi connectivity index (χ4v) is 5.27. The molecule has 2 heterocycles. The van der Waals surface area contributed by atoms with Crippen molar-refractivity contribution in [3.8, 4) is 34.5 Å². The van der Waals surface area contributed by atoms with Crippen molar-refractivity contribution in [2.45, 2.75) is 38.8 Å². The standard InChI is InChI=1S/C36H36F2N6O7S/c1-36(2,34(46)49-5)20-44-17-27(42-43-44)25-15-16-26(30(38)29(25)37)39-31(45)28-32(50-18-21-7-11-23(47-3)12-8-21)40-35(52-6)41-33(28)51-19-22-9-13-24(48-4)14-10-22/h7-17H,18-20H2,1-6H3,(H,39,45). The minimum atomic E-state index is -1.35. The molecule has 0 fully saturated rings. The summed E-state index contributed by atoms with van der Waals surface area (Å²) in [4.78, 5) is 34.9. The van der Waals surface area contributed by atoms with E-state index < -0.39 is 34.6 Å². The number of aromatic nitrogens is 5. The van der Waals surface area contributed by atoms with Crippen molar-refractivity contribution < 1.29 is 42.1 Å². The van der Waals surface area contributed by atoms with Crippen molar-refractivity contribution in [3.05, 3.63) is 95.2 Å². The van der Waals surface area contributed by atoms with Gasteiger partial charge in [-0.05, 0) is 67.6 Å². The minimum absolute atomic E-state index is 0.00219. The lowest BCUT2D eigenvalue weighted by Gasteiger charge is -2.20. The Morgan fingerprint density at radius 1 is 0.827 bits per heavy atom. The Labute approximate surface area is 302 Å². The Balaban J connectivity index is 1.45. The van der Waals surface area contributed by atoms with E-state index in [0.29, 0.717) is 11.5 Å². The molecule has 1 amide bonds. The number of hydrogen-bond acceptors (Lipinski definition) is 12. The highest BCUT2D eigenvalue weighted by molar-refractivity contribution is 7.98. The molecule has 0 saturated heterocycles. The van der Waals surface area contributed by atoms with Gasteiger partial charge >= 0.3 is 5.97 Å². The van der Waals surface area contributed by atoms with Crippen LogP contribution in [0.2, 0.25) is 0 Å². The summed E-state index contributed by atoms with van der Waals surface area (Å²) in [5.41, 5.74) is -0.374. The Kier molecular flexibility index (Phi) is 11.9. The molecule has 0 radical (unpaired) electrons. The van der Waals surface area contributed by atoms with E-state index in [1.54, 1.807) is 82.9 Å². The molecule has 3 aromatic carbocycles. The van der Waals surface area contributed by atoms with Gasteiger partial charge in [0.05, 0.1) is 45.2 Å². The molecule has 0 aliphatic heterocycles. The van der Waals surface area contributed by atoms with Crippen LogP contribution in [0.5, 0.6) is 23.3 Å². The van der Waals surface area contributed by atoms with Crippen LogP contribution in [0.4, 0.5) is 14.5 Å². The minimum Gasteiger partial charge on any atom is -0.497 e. The van der Waals surface area contributed by atoms with Crippen molar-refractivity contribution in [1.82, 2.24) is 25.0 Å². The van der Waals surface area contributed by atoms with E-state index in [-0.39, 0.29) is 53.5 Å². The summed E-state index contributed by atoms with van der Waals surface area (Å²) in [5.74, 6) is -2.99. The monoisotopic (exact) mass is 734 g/mol. The molecule has 2 aromatic heterocycles. The van der Waals surface area contributed by atoms with Crippen LogP contribution in [0.15, 0.2) is 72.0 Å². The van der Waals surface area contributed by atoms with Crippen LogP contribution in [0.3, 0.4) is 0 Å². The van der Waals surface area contributed by atoms with Gasteiger partial charge in [0.15, 0.2) is 22.4 Å². The number of rotatable bonds is 15. The van der Waals surface area contributed by atoms with Crippen LogP contribution in [0.25, 0.3) is 11.3 Å². The first-order chi connectivity index (χ1) is 25.0. The van der Waals surface area contributed by atoms with E-state index in [1.165, 1.54) is 41.9 Å². The molecule has 0 saturated carbocycles. The summed E-state index contributed by atoms with van der Waals surface area (Å²) in [6.07, 6.45) is 3.12. The van der Waals surface area contributed by atoms with Gasteiger partial charge in [0, 0.05) is 5.56 Å². The number of carbonyl (C=O) groups excluding carboxylic acids is 2. The van der Waals surface area contributed by atoms with Crippen LogP contribution in [0.1, 0.15) is 35.3 Å².